The van der Waals surface area contributed by atoms with Gasteiger partial charge in [-0.05, 0) is 20.3 Å². The van der Waals surface area contributed by atoms with Gasteiger partial charge < -0.3 is 20.4 Å². The molecule has 0 aliphatic carbocycles. The second-order valence-corrected chi connectivity index (χ2v) is 4.27. The van der Waals surface area contributed by atoms with Crippen LogP contribution in [0.3, 0.4) is 0 Å². The van der Waals surface area contributed by atoms with E-state index in [1.54, 1.807) is 0 Å². The third-order valence-corrected chi connectivity index (χ3v) is 2.65. The third kappa shape index (κ3) is 3.74. The summed E-state index contributed by atoms with van der Waals surface area (Å²) in [5, 5.41) is 20.4. The van der Waals surface area contributed by atoms with Crippen LogP contribution in [0.25, 0.3) is 0 Å². The molecule has 3 N–H and O–H groups in total. The van der Waals surface area contributed by atoms with E-state index in [1.807, 2.05) is 13.0 Å². The van der Waals surface area contributed by atoms with E-state index in [-0.39, 0.29) is 0 Å². The molecule has 1 heterocycles. The van der Waals surface area contributed by atoms with Gasteiger partial charge in [0.25, 0.3) is 0 Å². The Morgan fingerprint density at radius 3 is 2.65 bits per heavy atom. The lowest BCUT2D eigenvalue weighted by Gasteiger charge is -2.28. The fourth-order valence-corrected chi connectivity index (χ4v) is 1.70. The number of carboxylic acids is 1. The maximum Gasteiger partial charge on any atom is 0.328 e. The number of carbonyl (C=O) groups excluding carboxylic acids is 1. The molecule has 0 bridgehead atoms. The highest BCUT2D eigenvalue weighted by molar-refractivity contribution is 5.83. The minimum Gasteiger partial charge on any atom is -0.480 e. The molecule has 0 saturated carbocycles. The first-order valence-corrected chi connectivity index (χ1v) is 5.53. The number of aliphatic carboxylic acids is 1. The van der Waals surface area contributed by atoms with Crippen molar-refractivity contribution in [1.29, 1.82) is 0 Å². The summed E-state index contributed by atoms with van der Waals surface area (Å²) in [6, 6.07) is -1.72. The van der Waals surface area contributed by atoms with Crippen molar-refractivity contribution in [2.45, 2.75) is 32.4 Å². The molecular formula is C11H18N2O4. The van der Waals surface area contributed by atoms with Crippen LogP contribution in [0.15, 0.2) is 11.6 Å². The molecule has 6 nitrogen and oxygen atoms in total. The number of hydrogen-bond acceptors (Lipinski definition) is 3. The Bertz CT molecular complexity index is 338. The number of amides is 2. The number of nitrogens with one attached hydrogen (secondary N) is 1. The number of hydrogen-bond donors (Lipinski definition) is 3. The van der Waals surface area contributed by atoms with Crippen LogP contribution in [0, 0.1) is 0 Å². The number of aliphatic hydroxyl groups is 1. The van der Waals surface area contributed by atoms with E-state index in [9.17, 15) is 14.7 Å². The number of urea groups is 1. The topological polar surface area (TPSA) is 89.9 Å². The third-order valence-electron chi connectivity index (χ3n) is 2.65. The maximum absolute atomic E-state index is 11.8. The van der Waals surface area contributed by atoms with E-state index in [1.165, 1.54) is 11.8 Å². The molecule has 2 atom stereocenters. The van der Waals surface area contributed by atoms with E-state index in [4.69, 9.17) is 5.11 Å². The molecule has 0 radical (unpaired) electrons. The molecule has 96 valence electrons. The molecule has 1 aliphatic heterocycles. The lowest BCUT2D eigenvalue weighted by molar-refractivity contribution is -0.141. The van der Waals surface area contributed by atoms with Crippen LogP contribution >= 0.6 is 0 Å². The van der Waals surface area contributed by atoms with E-state index in [0.717, 1.165) is 12.0 Å². The van der Waals surface area contributed by atoms with Gasteiger partial charge >= 0.3 is 12.0 Å². The van der Waals surface area contributed by atoms with Gasteiger partial charge in [0.05, 0.1) is 6.10 Å². The Hall–Kier alpha value is -1.56. The molecule has 2 amide bonds. The van der Waals surface area contributed by atoms with Gasteiger partial charge in [-0.1, -0.05) is 11.6 Å². The zero-order valence-electron chi connectivity index (χ0n) is 10.0. The number of carboxylic acid groups (broad SMARTS) is 1. The number of nitrogens with zero attached hydrogens (tertiary/aromatic N) is 1. The first-order valence-electron chi connectivity index (χ1n) is 5.53. The van der Waals surface area contributed by atoms with Crippen LogP contribution in [0.4, 0.5) is 4.79 Å². The molecule has 0 spiro atoms. The van der Waals surface area contributed by atoms with Crippen LogP contribution in [-0.4, -0.2) is 52.3 Å². The molecule has 6 heteroatoms. The normalized spacial score (nSPS) is 19.2. The minimum atomic E-state index is -1.27. The van der Waals surface area contributed by atoms with Crippen molar-refractivity contribution < 1.29 is 19.8 Å². The van der Waals surface area contributed by atoms with Crippen molar-refractivity contribution in [3.05, 3.63) is 11.6 Å². The van der Waals surface area contributed by atoms with E-state index in [2.05, 4.69) is 5.32 Å². The van der Waals surface area contributed by atoms with E-state index < -0.39 is 24.1 Å². The van der Waals surface area contributed by atoms with Crippen LogP contribution in [-0.2, 0) is 4.79 Å². The highest BCUT2D eigenvalue weighted by Gasteiger charge is 2.27. The summed E-state index contributed by atoms with van der Waals surface area (Å²) >= 11 is 0. The van der Waals surface area contributed by atoms with E-state index >= 15 is 0 Å². The van der Waals surface area contributed by atoms with Crippen molar-refractivity contribution in [3.8, 4) is 0 Å². The summed E-state index contributed by atoms with van der Waals surface area (Å²) in [7, 11) is 0. The largest absolute Gasteiger partial charge is 0.480 e. The summed E-state index contributed by atoms with van der Waals surface area (Å²) in [6.07, 6.45) is 1.69. The Balaban J connectivity index is 2.59. The molecule has 17 heavy (non-hydrogen) atoms. The number of carbonyl (C=O) groups is 2. The summed E-state index contributed by atoms with van der Waals surface area (Å²) in [5.74, 6) is -1.24. The molecule has 0 aromatic rings. The molecule has 0 unspecified atom stereocenters. The minimum absolute atomic E-state index is 0.453. The van der Waals surface area contributed by atoms with Gasteiger partial charge in [0, 0.05) is 13.1 Å². The van der Waals surface area contributed by atoms with E-state index in [0.29, 0.717) is 13.1 Å². The van der Waals surface area contributed by atoms with Crippen LogP contribution < -0.4 is 5.32 Å². The predicted molar refractivity (Wildman–Crippen MR) is 61.6 cm³/mol. The fourth-order valence-electron chi connectivity index (χ4n) is 1.70. The van der Waals surface area contributed by atoms with Crippen molar-refractivity contribution >= 4 is 12.0 Å². The quantitative estimate of drug-likeness (QED) is 0.616. The summed E-state index contributed by atoms with van der Waals surface area (Å²) in [4.78, 5) is 24.1. The molecule has 0 fully saturated rings. The van der Waals surface area contributed by atoms with Crippen molar-refractivity contribution in [1.82, 2.24) is 10.2 Å². The molecule has 1 aliphatic rings. The lowest BCUT2D eigenvalue weighted by atomic mass is 10.1. The van der Waals surface area contributed by atoms with Gasteiger partial charge in [-0.2, -0.15) is 0 Å². The van der Waals surface area contributed by atoms with Crippen LogP contribution in [0.2, 0.25) is 0 Å². The van der Waals surface area contributed by atoms with Gasteiger partial charge in [-0.3, -0.25) is 0 Å². The Kier molecular flexibility index (Phi) is 4.51. The second-order valence-electron chi connectivity index (χ2n) is 4.27. The lowest BCUT2D eigenvalue weighted by Crippen LogP contribution is -2.53. The van der Waals surface area contributed by atoms with Crippen molar-refractivity contribution in [2.75, 3.05) is 13.1 Å². The second kappa shape index (κ2) is 5.67. The number of aliphatic hydroxyl groups excluding tert-OH is 1. The highest BCUT2D eigenvalue weighted by atomic mass is 16.4. The molecule has 0 aromatic heterocycles. The monoisotopic (exact) mass is 242 g/mol. The average Bonchev–Trinajstić information content (AvgIpc) is 2.24. The summed E-state index contributed by atoms with van der Waals surface area (Å²) < 4.78 is 0. The molecule has 0 saturated heterocycles. The average molecular weight is 242 g/mol. The first kappa shape index (κ1) is 13.5. The zero-order valence-corrected chi connectivity index (χ0v) is 10.0. The standard InChI is InChI=1S/C11H18N2O4/c1-7-4-3-5-13(6-7)11(17)12-9(8(2)14)10(15)16/h4,8-9,14H,3,5-6H2,1-2H3,(H,12,17)(H,15,16)/t8-,9+/m1/s1. The van der Waals surface area contributed by atoms with Gasteiger partial charge in [-0.15, -0.1) is 0 Å². The Morgan fingerprint density at radius 2 is 2.18 bits per heavy atom. The summed E-state index contributed by atoms with van der Waals surface area (Å²) in [6.45, 7) is 4.32. The Morgan fingerprint density at radius 1 is 1.53 bits per heavy atom. The van der Waals surface area contributed by atoms with Crippen LogP contribution in [0.5, 0.6) is 0 Å². The molecular weight excluding hydrogens is 224 g/mol. The van der Waals surface area contributed by atoms with Crippen molar-refractivity contribution in [3.63, 3.8) is 0 Å². The fraction of sp³-hybridized carbons (Fsp3) is 0.636. The van der Waals surface area contributed by atoms with Crippen LogP contribution in [0.1, 0.15) is 20.3 Å². The number of rotatable bonds is 3. The summed E-state index contributed by atoms with van der Waals surface area (Å²) in [5.41, 5.74) is 1.08. The molecule has 0 aromatic carbocycles. The SMILES string of the molecule is CC1=CCCN(C(=O)N[C@H](C(=O)O)[C@@H](C)O)C1. The van der Waals surface area contributed by atoms with Crippen molar-refractivity contribution in [2.24, 2.45) is 0 Å². The smallest absolute Gasteiger partial charge is 0.328 e. The zero-order chi connectivity index (χ0) is 13.0. The van der Waals surface area contributed by atoms with Gasteiger partial charge in [0.1, 0.15) is 0 Å². The highest BCUT2D eigenvalue weighted by Crippen LogP contribution is 2.09. The Labute approximate surface area is 99.9 Å². The van der Waals surface area contributed by atoms with Gasteiger partial charge in [-0.25, -0.2) is 9.59 Å². The van der Waals surface area contributed by atoms with Gasteiger partial charge in [0.2, 0.25) is 0 Å². The predicted octanol–water partition coefficient (Wildman–Crippen LogP) is 0.182. The van der Waals surface area contributed by atoms with Gasteiger partial charge in [0.15, 0.2) is 6.04 Å². The molecule has 1 rings (SSSR count). The first-order chi connectivity index (χ1) is 7.91. The maximum atomic E-state index is 11.8.